The first kappa shape index (κ1) is 5.03. The molecule has 0 saturated heterocycles. The minimum Gasteiger partial charge on any atom is -0.515 e. The smallest absolute Gasteiger partial charge is 0.0976 e. The molecule has 0 aromatic heterocycles. The second kappa shape index (κ2) is 2.28. The lowest BCUT2D eigenvalue weighted by Gasteiger charge is -1.70. The zero-order chi connectivity index (χ0) is 4.99. The molecule has 0 fully saturated rings. The molecule has 0 radical (unpaired) electrons. The van der Waals surface area contributed by atoms with E-state index in [4.69, 9.17) is 10.4 Å². The molecule has 0 bridgehead atoms. The van der Waals surface area contributed by atoms with Crippen LogP contribution < -0.4 is 0 Å². The molecule has 1 N–H and O–H groups in total. The van der Waals surface area contributed by atoms with Crippen LogP contribution in [-0.2, 0) is 0 Å². The first-order chi connectivity index (χ1) is 2.81. The summed E-state index contributed by atoms with van der Waals surface area (Å²) < 4.78 is 0. The van der Waals surface area contributed by atoms with Crippen molar-refractivity contribution in [2.24, 2.45) is 0 Å². The van der Waals surface area contributed by atoms with E-state index in [-0.39, 0.29) is 0 Å². The highest BCUT2D eigenvalue weighted by Crippen LogP contribution is 1.81. The molecule has 0 aliphatic rings. The largest absolute Gasteiger partial charge is 0.515 e. The number of allylic oxidation sites excluding steroid dienone is 1. The van der Waals surface area contributed by atoms with Gasteiger partial charge in [-0.3, -0.25) is 0 Å². The van der Waals surface area contributed by atoms with Crippen LogP contribution in [0.15, 0.2) is 11.8 Å². The highest BCUT2D eigenvalue weighted by Gasteiger charge is 1.73. The molecule has 0 aromatic carbocycles. The maximum Gasteiger partial charge on any atom is 0.0976 e. The summed E-state index contributed by atoms with van der Waals surface area (Å²) >= 11 is 0. The van der Waals surface area contributed by atoms with Crippen molar-refractivity contribution in [1.82, 2.24) is 0 Å². The van der Waals surface area contributed by atoms with Crippen LogP contribution in [0.1, 0.15) is 6.92 Å². The van der Waals surface area contributed by atoms with Crippen LogP contribution in [0.25, 0.3) is 0 Å². The fraction of sp³-hybridized carbons (Fsp3) is 0.250. The van der Waals surface area contributed by atoms with Crippen LogP contribution in [0, 0.1) is 11.3 Å². The molecule has 2 nitrogen and oxygen atoms in total. The van der Waals surface area contributed by atoms with Crippen LogP contribution in [0.2, 0.25) is 0 Å². The number of aliphatic hydroxyl groups is 1. The fourth-order valence-corrected chi connectivity index (χ4v) is 0.0289. The lowest BCUT2D eigenvalue weighted by atomic mass is 10.4. The molecule has 0 aromatic rings. The van der Waals surface area contributed by atoms with Gasteiger partial charge in [0.05, 0.1) is 17.9 Å². The zero-order valence-corrected chi connectivity index (χ0v) is 3.47. The molecule has 0 unspecified atom stereocenters. The Hall–Kier alpha value is -0.970. The van der Waals surface area contributed by atoms with Gasteiger partial charge in [-0.25, -0.2) is 0 Å². The first-order valence-electron chi connectivity index (χ1n) is 1.52. The van der Waals surface area contributed by atoms with Gasteiger partial charge in [-0.1, -0.05) is 0 Å². The van der Waals surface area contributed by atoms with Gasteiger partial charge in [0.15, 0.2) is 0 Å². The monoisotopic (exact) mass is 83.0 g/mol. The summed E-state index contributed by atoms with van der Waals surface area (Å²) in [5.74, 6) is 0. The lowest BCUT2D eigenvalue weighted by molar-refractivity contribution is 0.469. The Balaban J connectivity index is 3.61. The maximum absolute atomic E-state index is 7.95. The van der Waals surface area contributed by atoms with Crippen molar-refractivity contribution < 1.29 is 5.11 Å². The van der Waals surface area contributed by atoms with Crippen molar-refractivity contribution in [1.29, 1.82) is 5.26 Å². The van der Waals surface area contributed by atoms with E-state index in [1.165, 1.54) is 6.92 Å². The van der Waals surface area contributed by atoms with Gasteiger partial charge < -0.3 is 5.11 Å². The van der Waals surface area contributed by atoms with Gasteiger partial charge in [-0.05, 0) is 6.92 Å². The molecule has 0 spiro atoms. The number of nitriles is 1. The highest BCUT2D eigenvalue weighted by molar-refractivity contribution is 5.13. The Bertz CT molecular complexity index is 98.6. The van der Waals surface area contributed by atoms with Crippen LogP contribution in [0.5, 0.6) is 0 Å². The number of hydrogen-bond donors (Lipinski definition) is 1. The summed E-state index contributed by atoms with van der Waals surface area (Å²) in [5, 5.41) is 15.8. The summed E-state index contributed by atoms with van der Waals surface area (Å²) in [6, 6.07) is 1.73. The Morgan fingerprint density at radius 2 is 2.50 bits per heavy atom. The number of aliphatic hydroxyl groups excluding tert-OH is 1. The molecule has 32 valence electrons. The van der Waals surface area contributed by atoms with Gasteiger partial charge in [0, 0.05) is 0 Å². The summed E-state index contributed by atoms with van der Waals surface area (Å²) in [5.41, 5.74) is 0.329. The molecule has 0 aliphatic heterocycles. The van der Waals surface area contributed by atoms with Gasteiger partial charge in [-0.15, -0.1) is 0 Å². The number of hydrogen-bond acceptors (Lipinski definition) is 2. The SMILES string of the molecule is C/C(C#N)=C/O. The third-order valence-electron chi connectivity index (χ3n) is 0.370. The molecule has 0 amide bonds. The van der Waals surface area contributed by atoms with E-state index >= 15 is 0 Å². The number of nitrogens with zero attached hydrogens (tertiary/aromatic N) is 1. The molecule has 0 rings (SSSR count). The van der Waals surface area contributed by atoms with Gasteiger partial charge >= 0.3 is 0 Å². The van der Waals surface area contributed by atoms with Crippen molar-refractivity contribution in [3.8, 4) is 6.07 Å². The predicted molar refractivity (Wildman–Crippen MR) is 22.0 cm³/mol. The van der Waals surface area contributed by atoms with Crippen molar-refractivity contribution >= 4 is 0 Å². The molecular weight excluding hydrogens is 78.0 g/mol. The van der Waals surface area contributed by atoms with E-state index in [0.717, 1.165) is 6.26 Å². The van der Waals surface area contributed by atoms with Crippen molar-refractivity contribution in [3.05, 3.63) is 11.8 Å². The van der Waals surface area contributed by atoms with E-state index in [1.807, 2.05) is 0 Å². The van der Waals surface area contributed by atoms with Crippen molar-refractivity contribution in [2.45, 2.75) is 6.92 Å². The second-order valence-electron chi connectivity index (χ2n) is 0.924. The Kier molecular flexibility index (Phi) is 1.91. The van der Waals surface area contributed by atoms with Crippen molar-refractivity contribution in [3.63, 3.8) is 0 Å². The van der Waals surface area contributed by atoms with E-state index in [1.54, 1.807) is 6.07 Å². The van der Waals surface area contributed by atoms with E-state index < -0.39 is 0 Å². The fourth-order valence-electron chi connectivity index (χ4n) is 0.0289. The number of rotatable bonds is 0. The second-order valence-corrected chi connectivity index (χ2v) is 0.924. The van der Waals surface area contributed by atoms with Gasteiger partial charge in [0.1, 0.15) is 0 Å². The first-order valence-corrected chi connectivity index (χ1v) is 1.52. The van der Waals surface area contributed by atoms with Gasteiger partial charge in [-0.2, -0.15) is 5.26 Å². The lowest BCUT2D eigenvalue weighted by Crippen LogP contribution is -1.61. The maximum atomic E-state index is 7.95. The average molecular weight is 83.1 g/mol. The quantitative estimate of drug-likeness (QED) is 0.350. The van der Waals surface area contributed by atoms with Crippen LogP contribution >= 0.6 is 0 Å². The van der Waals surface area contributed by atoms with Crippen LogP contribution in [0.3, 0.4) is 0 Å². The minimum atomic E-state index is 0.329. The van der Waals surface area contributed by atoms with Crippen molar-refractivity contribution in [2.75, 3.05) is 0 Å². The van der Waals surface area contributed by atoms with E-state index in [2.05, 4.69) is 0 Å². The molecular formula is C4H5NO. The third-order valence-corrected chi connectivity index (χ3v) is 0.370. The Morgan fingerprint density at radius 3 is 2.50 bits per heavy atom. The van der Waals surface area contributed by atoms with Gasteiger partial charge in [0.25, 0.3) is 0 Å². The zero-order valence-electron chi connectivity index (χ0n) is 3.47. The Morgan fingerprint density at radius 1 is 2.00 bits per heavy atom. The molecule has 0 saturated carbocycles. The minimum absolute atomic E-state index is 0.329. The summed E-state index contributed by atoms with van der Waals surface area (Å²) in [7, 11) is 0. The highest BCUT2D eigenvalue weighted by atomic mass is 16.2. The van der Waals surface area contributed by atoms with Crippen LogP contribution in [0.4, 0.5) is 0 Å². The molecule has 0 heterocycles. The van der Waals surface area contributed by atoms with Crippen LogP contribution in [-0.4, -0.2) is 5.11 Å². The molecule has 0 aliphatic carbocycles. The third kappa shape index (κ3) is 1.36. The molecule has 2 heteroatoms. The average Bonchev–Trinajstić information content (AvgIpc) is 1.65. The van der Waals surface area contributed by atoms with E-state index in [9.17, 15) is 0 Å². The molecule has 6 heavy (non-hydrogen) atoms. The summed E-state index contributed by atoms with van der Waals surface area (Å²) in [4.78, 5) is 0. The van der Waals surface area contributed by atoms with Gasteiger partial charge in [0.2, 0.25) is 0 Å². The van der Waals surface area contributed by atoms with E-state index in [0.29, 0.717) is 5.57 Å². The topological polar surface area (TPSA) is 44.0 Å². The summed E-state index contributed by atoms with van der Waals surface area (Å²) in [6.45, 7) is 1.53. The standard InChI is InChI=1S/C4H5NO/c1-4(2-5)3-6/h3,6H,1H3/b4-3-. The Labute approximate surface area is 36.3 Å². The predicted octanol–water partition coefficient (Wildman–Crippen LogP) is 0.972. The normalized spacial score (nSPS) is 10.3. The molecule has 0 atom stereocenters. The summed E-state index contributed by atoms with van der Waals surface area (Å²) in [6.07, 6.45) is 0.778.